The maximum absolute atomic E-state index is 12.7. The van der Waals surface area contributed by atoms with E-state index in [4.69, 9.17) is 0 Å². The number of aromatic nitrogens is 2. The largest absolute Gasteiger partial charge is 0.416 e. The van der Waals surface area contributed by atoms with Crippen molar-refractivity contribution in [1.29, 1.82) is 0 Å². The second-order valence-electron chi connectivity index (χ2n) is 5.37. The monoisotopic (exact) mass is 347 g/mol. The molecule has 0 saturated carbocycles. The van der Waals surface area contributed by atoms with Crippen molar-refractivity contribution < 1.29 is 18.0 Å². The third-order valence-electron chi connectivity index (χ3n) is 3.66. The molecule has 3 rings (SSSR count). The van der Waals surface area contributed by atoms with Gasteiger partial charge in [0.2, 0.25) is 0 Å². The van der Waals surface area contributed by atoms with Gasteiger partial charge in [0.15, 0.2) is 0 Å². The van der Waals surface area contributed by atoms with E-state index in [1.165, 1.54) is 36.0 Å². The molecule has 0 unspecified atom stereocenters. The number of halogens is 3. The Morgan fingerprint density at radius 2 is 1.92 bits per heavy atom. The number of carbonyl (C=O) groups is 1. The van der Waals surface area contributed by atoms with E-state index in [0.717, 1.165) is 12.1 Å². The molecule has 2 heterocycles. The highest BCUT2D eigenvalue weighted by Crippen LogP contribution is 2.30. The lowest BCUT2D eigenvalue weighted by atomic mass is 10.1. The van der Waals surface area contributed by atoms with Crippen molar-refractivity contribution in [1.82, 2.24) is 9.55 Å². The lowest BCUT2D eigenvalue weighted by Crippen LogP contribution is -2.28. The first kappa shape index (κ1) is 16.7. The summed E-state index contributed by atoms with van der Waals surface area (Å²) in [5.74, 6) is -0.786. The van der Waals surface area contributed by atoms with Crippen LogP contribution in [0, 0.1) is 0 Å². The van der Waals surface area contributed by atoms with E-state index in [9.17, 15) is 22.8 Å². The number of fused-ring (bicyclic) bond motifs is 1. The Labute approximate surface area is 139 Å². The van der Waals surface area contributed by atoms with Gasteiger partial charge in [-0.1, -0.05) is 6.07 Å². The van der Waals surface area contributed by atoms with E-state index in [1.807, 2.05) is 0 Å². The van der Waals surface area contributed by atoms with Gasteiger partial charge in [-0.2, -0.15) is 13.2 Å². The molecule has 0 bridgehead atoms. The zero-order chi connectivity index (χ0) is 18.2. The number of hydrogen-bond acceptors (Lipinski definition) is 3. The summed E-state index contributed by atoms with van der Waals surface area (Å²) in [5.41, 5.74) is -1.30. The molecular formula is C17H12F3N3O2. The Bertz CT molecular complexity index is 1030. The van der Waals surface area contributed by atoms with Gasteiger partial charge >= 0.3 is 6.18 Å². The maximum Gasteiger partial charge on any atom is 0.416 e. The summed E-state index contributed by atoms with van der Waals surface area (Å²) < 4.78 is 39.5. The van der Waals surface area contributed by atoms with Gasteiger partial charge in [-0.3, -0.25) is 14.2 Å². The lowest BCUT2D eigenvalue weighted by molar-refractivity contribution is -0.137. The Kier molecular flexibility index (Phi) is 4.03. The number of hydrogen-bond donors (Lipinski definition) is 1. The molecule has 1 amide bonds. The van der Waals surface area contributed by atoms with Crippen molar-refractivity contribution >= 4 is 22.6 Å². The molecule has 8 heteroatoms. The predicted molar refractivity (Wildman–Crippen MR) is 86.4 cm³/mol. The number of rotatable bonds is 2. The van der Waals surface area contributed by atoms with Gasteiger partial charge in [0.25, 0.3) is 11.5 Å². The number of anilines is 1. The molecule has 0 fully saturated rings. The highest BCUT2D eigenvalue weighted by molar-refractivity contribution is 6.05. The van der Waals surface area contributed by atoms with Crippen molar-refractivity contribution in [3.63, 3.8) is 0 Å². The van der Waals surface area contributed by atoms with Crippen LogP contribution in [0.1, 0.15) is 15.9 Å². The van der Waals surface area contributed by atoms with E-state index in [2.05, 4.69) is 10.3 Å². The van der Waals surface area contributed by atoms with Gasteiger partial charge in [-0.05, 0) is 36.4 Å². The van der Waals surface area contributed by atoms with Gasteiger partial charge in [0, 0.05) is 24.3 Å². The van der Waals surface area contributed by atoms with Gasteiger partial charge < -0.3 is 5.32 Å². The lowest BCUT2D eigenvalue weighted by Gasteiger charge is -2.11. The minimum Gasteiger partial charge on any atom is -0.322 e. The molecule has 128 valence electrons. The van der Waals surface area contributed by atoms with Crippen LogP contribution in [0.3, 0.4) is 0 Å². The molecule has 0 aliphatic carbocycles. The number of carbonyl (C=O) groups excluding carboxylic acids is 1. The Hall–Kier alpha value is -3.16. The van der Waals surface area contributed by atoms with Gasteiger partial charge in [0.1, 0.15) is 11.2 Å². The maximum atomic E-state index is 12.7. The Morgan fingerprint density at radius 3 is 2.64 bits per heavy atom. The van der Waals surface area contributed by atoms with Crippen LogP contribution in [0.5, 0.6) is 0 Å². The highest BCUT2D eigenvalue weighted by Gasteiger charge is 2.30. The molecule has 2 aromatic heterocycles. The molecule has 25 heavy (non-hydrogen) atoms. The predicted octanol–water partition coefficient (Wildman–Crippen LogP) is 3.20. The van der Waals surface area contributed by atoms with E-state index >= 15 is 0 Å². The minimum atomic E-state index is -4.52. The summed E-state index contributed by atoms with van der Waals surface area (Å²) in [5, 5.41) is 2.90. The molecule has 0 atom stereocenters. The second-order valence-corrected chi connectivity index (χ2v) is 5.37. The quantitative estimate of drug-likeness (QED) is 0.774. The SMILES string of the molecule is Cn1c(=O)c(C(=O)Nc2cccc(C(F)(F)F)c2)cc2cccnc21. The summed E-state index contributed by atoms with van der Waals surface area (Å²) in [6.07, 6.45) is -3.00. The zero-order valence-corrected chi connectivity index (χ0v) is 13.0. The third kappa shape index (κ3) is 3.23. The standard InChI is InChI=1S/C17H12F3N3O2/c1-23-14-10(4-3-7-21-14)8-13(16(23)25)15(24)22-12-6-2-5-11(9-12)17(18,19)20/h2-9H,1H3,(H,22,24). The van der Waals surface area contributed by atoms with E-state index in [-0.39, 0.29) is 11.3 Å². The first-order chi connectivity index (χ1) is 11.8. The average molecular weight is 347 g/mol. The number of benzene rings is 1. The van der Waals surface area contributed by atoms with Crippen LogP contribution in [0.2, 0.25) is 0 Å². The number of alkyl halides is 3. The molecule has 3 aromatic rings. The minimum absolute atomic E-state index is 0.0480. The number of amides is 1. The van der Waals surface area contributed by atoms with Gasteiger partial charge in [-0.15, -0.1) is 0 Å². The van der Waals surface area contributed by atoms with E-state index in [1.54, 1.807) is 12.1 Å². The summed E-state index contributed by atoms with van der Waals surface area (Å²) in [6.45, 7) is 0. The van der Waals surface area contributed by atoms with Gasteiger partial charge in [0.05, 0.1) is 5.56 Å². The molecule has 1 aromatic carbocycles. The number of nitrogens with one attached hydrogen (secondary N) is 1. The van der Waals surface area contributed by atoms with Gasteiger partial charge in [-0.25, -0.2) is 4.98 Å². The van der Waals surface area contributed by atoms with Crippen LogP contribution in [0.25, 0.3) is 11.0 Å². The smallest absolute Gasteiger partial charge is 0.322 e. The molecule has 5 nitrogen and oxygen atoms in total. The summed E-state index contributed by atoms with van der Waals surface area (Å²) in [7, 11) is 1.47. The first-order valence-corrected chi connectivity index (χ1v) is 7.21. The van der Waals surface area contributed by atoms with Crippen LogP contribution in [0.4, 0.5) is 18.9 Å². The Morgan fingerprint density at radius 1 is 1.16 bits per heavy atom. The van der Waals surface area contributed by atoms with Crippen molar-refractivity contribution in [2.45, 2.75) is 6.18 Å². The number of aryl methyl sites for hydroxylation is 1. The molecule has 0 aliphatic rings. The van der Waals surface area contributed by atoms with Crippen molar-refractivity contribution in [3.05, 3.63) is 70.1 Å². The van der Waals surface area contributed by atoms with Crippen LogP contribution >= 0.6 is 0 Å². The van der Waals surface area contributed by atoms with Crippen molar-refractivity contribution in [3.8, 4) is 0 Å². The molecule has 0 saturated heterocycles. The van der Waals surface area contributed by atoms with Crippen molar-refractivity contribution in [2.75, 3.05) is 5.32 Å². The summed E-state index contributed by atoms with van der Waals surface area (Å²) in [4.78, 5) is 28.8. The van der Waals surface area contributed by atoms with E-state index in [0.29, 0.717) is 11.0 Å². The van der Waals surface area contributed by atoms with E-state index < -0.39 is 23.2 Å². The summed E-state index contributed by atoms with van der Waals surface area (Å²) >= 11 is 0. The van der Waals surface area contributed by atoms with Crippen LogP contribution in [-0.4, -0.2) is 15.5 Å². The zero-order valence-electron chi connectivity index (χ0n) is 13.0. The molecule has 0 aliphatic heterocycles. The first-order valence-electron chi connectivity index (χ1n) is 7.21. The fourth-order valence-corrected chi connectivity index (χ4v) is 2.43. The number of nitrogens with zero attached hydrogens (tertiary/aromatic N) is 2. The normalized spacial score (nSPS) is 11.5. The third-order valence-corrected chi connectivity index (χ3v) is 3.66. The highest BCUT2D eigenvalue weighted by atomic mass is 19.4. The number of pyridine rings is 2. The fraction of sp³-hybridized carbons (Fsp3) is 0.118. The summed E-state index contributed by atoms with van der Waals surface area (Å²) in [6, 6.07) is 8.92. The topological polar surface area (TPSA) is 64.0 Å². The second kappa shape index (κ2) is 6.04. The van der Waals surface area contributed by atoms with Crippen LogP contribution < -0.4 is 10.9 Å². The van der Waals surface area contributed by atoms with Crippen LogP contribution in [-0.2, 0) is 13.2 Å². The Balaban J connectivity index is 1.99. The van der Waals surface area contributed by atoms with Crippen molar-refractivity contribution in [2.24, 2.45) is 7.05 Å². The fourth-order valence-electron chi connectivity index (χ4n) is 2.43. The molecule has 0 radical (unpaired) electrons. The molecule has 0 spiro atoms. The molecular weight excluding hydrogens is 335 g/mol. The molecule has 1 N–H and O–H groups in total. The average Bonchev–Trinajstić information content (AvgIpc) is 2.57. The van der Waals surface area contributed by atoms with Crippen LogP contribution in [0.15, 0.2) is 53.5 Å².